The monoisotopic (exact) mass is 382 g/mol. The summed E-state index contributed by atoms with van der Waals surface area (Å²) in [5.74, 6) is -3.08. The first-order valence-electron chi connectivity index (χ1n) is 8.46. The number of carboxylic acids is 1. The zero-order valence-corrected chi connectivity index (χ0v) is 15.1. The number of fused-ring (bicyclic) bond motifs is 4. The topological polar surface area (TPSA) is 129 Å². The Morgan fingerprint density at radius 2 is 2.00 bits per heavy atom. The van der Waals surface area contributed by atoms with Crippen LogP contribution in [-0.4, -0.2) is 48.6 Å². The third-order valence-electron chi connectivity index (χ3n) is 4.80. The molecule has 0 aromatic carbocycles. The number of rotatable bonds is 4. The predicted octanol–water partition coefficient (Wildman–Crippen LogP) is -1.30. The highest BCUT2D eigenvalue weighted by Gasteiger charge is 2.37. The van der Waals surface area contributed by atoms with Gasteiger partial charge in [0.15, 0.2) is 0 Å². The normalized spacial score (nSPS) is 21.8. The zero-order valence-electron chi connectivity index (χ0n) is 14.3. The average Bonchev–Trinajstić information content (AvgIpc) is 2.56. The van der Waals surface area contributed by atoms with Crippen molar-refractivity contribution in [2.75, 3.05) is 23.6 Å². The number of hydrogen-bond donors (Lipinski definition) is 1. The van der Waals surface area contributed by atoms with Gasteiger partial charge in [0, 0.05) is 31.2 Å². The van der Waals surface area contributed by atoms with E-state index in [9.17, 15) is 27.9 Å². The van der Waals surface area contributed by atoms with Crippen LogP contribution in [0.2, 0.25) is 0 Å². The van der Waals surface area contributed by atoms with Crippen LogP contribution in [0.15, 0.2) is 16.9 Å². The van der Waals surface area contributed by atoms with Crippen molar-refractivity contribution in [1.29, 1.82) is 0 Å². The fraction of sp³-hybridized carbons (Fsp3) is 0.562. The molecule has 1 N–H and O–H groups in total. The van der Waals surface area contributed by atoms with Crippen molar-refractivity contribution in [2.45, 2.75) is 32.2 Å². The Kier molecular flexibility index (Phi) is 4.78. The summed E-state index contributed by atoms with van der Waals surface area (Å²) >= 11 is 0. The molecule has 0 spiro atoms. The third kappa shape index (κ3) is 3.46. The minimum Gasteiger partial charge on any atom is -0.540 e. The molecule has 1 fully saturated rings. The summed E-state index contributed by atoms with van der Waals surface area (Å²) < 4.78 is 27.7. The molecule has 142 valence electrons. The van der Waals surface area contributed by atoms with Gasteiger partial charge < -0.3 is 19.4 Å². The molecule has 0 aliphatic carbocycles. The van der Waals surface area contributed by atoms with Gasteiger partial charge in [-0.3, -0.25) is 14.3 Å². The first kappa shape index (κ1) is 18.4. The summed E-state index contributed by atoms with van der Waals surface area (Å²) in [7, 11) is -3.57. The first-order valence-corrected chi connectivity index (χ1v) is 10.1. The molecule has 10 heteroatoms. The smallest absolute Gasteiger partial charge is 0.275 e. The second kappa shape index (κ2) is 6.75. The van der Waals surface area contributed by atoms with E-state index in [1.165, 1.54) is 15.5 Å². The summed E-state index contributed by atoms with van der Waals surface area (Å²) in [4.78, 5) is 36.5. The van der Waals surface area contributed by atoms with Crippen molar-refractivity contribution < 1.29 is 23.1 Å². The van der Waals surface area contributed by atoms with Crippen LogP contribution in [0.25, 0.3) is 0 Å². The number of carbonyl (C=O) groups excluding carboxylic acids is 2. The van der Waals surface area contributed by atoms with Crippen molar-refractivity contribution in [3.05, 3.63) is 28.2 Å². The summed E-state index contributed by atoms with van der Waals surface area (Å²) in [6.07, 6.45) is 1.19. The van der Waals surface area contributed by atoms with E-state index in [0.717, 1.165) is 6.42 Å². The van der Waals surface area contributed by atoms with Crippen LogP contribution < -0.4 is 15.4 Å². The highest BCUT2D eigenvalue weighted by atomic mass is 32.2. The maximum atomic E-state index is 12.7. The number of aromatic nitrogens is 1. The molecule has 2 atom stereocenters. The fourth-order valence-corrected chi connectivity index (χ4v) is 4.94. The van der Waals surface area contributed by atoms with Gasteiger partial charge in [-0.1, -0.05) is 6.92 Å². The number of aliphatic carboxylic acids is 1. The molecular formula is C16H20N3O6S-. The van der Waals surface area contributed by atoms with E-state index < -0.39 is 27.5 Å². The summed E-state index contributed by atoms with van der Waals surface area (Å²) in [6.45, 7) is 2.48. The molecule has 9 nitrogen and oxygen atoms in total. The number of hydrogen-bond acceptors (Lipinski definition) is 6. The zero-order chi connectivity index (χ0) is 19.1. The van der Waals surface area contributed by atoms with E-state index >= 15 is 0 Å². The SMILES string of the molecule is CCCS(=O)(=O)Nc1ccc2n(c1=O)C[C@H]1C[C@@H]2CN(C(=O)C(=O)[O-])C1. The van der Waals surface area contributed by atoms with Gasteiger partial charge in [-0.25, -0.2) is 8.42 Å². The Morgan fingerprint density at radius 3 is 2.65 bits per heavy atom. The van der Waals surface area contributed by atoms with Crippen LogP contribution in [0.1, 0.15) is 31.4 Å². The van der Waals surface area contributed by atoms with Crippen LogP contribution in [0.4, 0.5) is 5.69 Å². The maximum absolute atomic E-state index is 12.7. The second-order valence-corrected chi connectivity index (χ2v) is 8.65. The van der Waals surface area contributed by atoms with E-state index in [0.29, 0.717) is 18.7 Å². The number of sulfonamides is 1. The van der Waals surface area contributed by atoms with Crippen LogP contribution >= 0.6 is 0 Å². The molecule has 1 aromatic rings. The van der Waals surface area contributed by atoms with Gasteiger partial charge in [-0.2, -0.15) is 0 Å². The van der Waals surface area contributed by atoms with E-state index in [4.69, 9.17) is 0 Å². The summed E-state index contributed by atoms with van der Waals surface area (Å²) in [6, 6.07) is 3.10. The Labute approximate surface area is 150 Å². The molecule has 0 saturated carbocycles. The number of carboxylic acid groups (broad SMARTS) is 1. The molecule has 2 bridgehead atoms. The Morgan fingerprint density at radius 1 is 1.27 bits per heavy atom. The molecule has 0 unspecified atom stereocenters. The standard InChI is InChI=1S/C16H21N3O6S/c1-2-5-26(24,25)17-12-3-4-13-11-6-10(8-19(13)14(12)20)7-18(9-11)15(21)16(22)23/h3-4,10-11,17H,2,5-9H2,1H3,(H,22,23)/p-1/t10-,11+/m0/s1. The van der Waals surface area contributed by atoms with Gasteiger partial charge in [0.25, 0.3) is 11.5 Å². The van der Waals surface area contributed by atoms with Gasteiger partial charge >= 0.3 is 0 Å². The number of anilines is 1. The van der Waals surface area contributed by atoms with Crippen molar-refractivity contribution >= 4 is 27.6 Å². The molecule has 2 aliphatic rings. The van der Waals surface area contributed by atoms with Crippen molar-refractivity contribution in [2.24, 2.45) is 5.92 Å². The van der Waals surface area contributed by atoms with Crippen LogP contribution in [0, 0.1) is 5.92 Å². The Hall–Kier alpha value is -2.36. The summed E-state index contributed by atoms with van der Waals surface area (Å²) in [5.41, 5.74) is 0.266. The van der Waals surface area contributed by atoms with E-state index in [1.807, 2.05) is 0 Å². The van der Waals surface area contributed by atoms with E-state index in [2.05, 4.69) is 4.72 Å². The highest BCUT2D eigenvalue weighted by molar-refractivity contribution is 7.92. The van der Waals surface area contributed by atoms with Crippen LogP contribution in [0.5, 0.6) is 0 Å². The summed E-state index contributed by atoms with van der Waals surface area (Å²) in [5, 5.41) is 10.8. The van der Waals surface area contributed by atoms with Gasteiger partial charge in [-0.15, -0.1) is 0 Å². The molecular weight excluding hydrogens is 362 g/mol. The molecule has 0 radical (unpaired) electrons. The van der Waals surface area contributed by atoms with Gasteiger partial charge in [0.05, 0.1) is 5.75 Å². The Bertz CT molecular complexity index is 907. The molecule has 1 saturated heterocycles. The van der Waals surface area contributed by atoms with E-state index in [1.54, 1.807) is 13.0 Å². The fourth-order valence-electron chi connectivity index (χ4n) is 3.81. The van der Waals surface area contributed by atoms with Crippen molar-refractivity contribution in [3.63, 3.8) is 0 Å². The van der Waals surface area contributed by atoms with Gasteiger partial charge in [0.1, 0.15) is 11.7 Å². The minimum atomic E-state index is -3.57. The highest BCUT2D eigenvalue weighted by Crippen LogP contribution is 2.35. The van der Waals surface area contributed by atoms with Crippen LogP contribution in [0.3, 0.4) is 0 Å². The van der Waals surface area contributed by atoms with Gasteiger partial charge in [0.2, 0.25) is 10.0 Å². The molecule has 26 heavy (non-hydrogen) atoms. The second-order valence-electron chi connectivity index (χ2n) is 6.80. The number of nitrogens with one attached hydrogen (secondary N) is 1. The number of likely N-dealkylation sites (tertiary alicyclic amines) is 1. The number of pyridine rings is 1. The molecule has 3 heterocycles. The van der Waals surface area contributed by atoms with Crippen LogP contribution in [-0.2, 0) is 26.2 Å². The van der Waals surface area contributed by atoms with Crippen molar-refractivity contribution in [3.8, 4) is 0 Å². The maximum Gasteiger partial charge on any atom is 0.275 e. The number of nitrogens with zero attached hydrogens (tertiary/aromatic N) is 2. The van der Waals surface area contributed by atoms with E-state index in [-0.39, 0.29) is 36.4 Å². The molecule has 3 rings (SSSR count). The Balaban J connectivity index is 1.90. The quantitative estimate of drug-likeness (QED) is 0.644. The van der Waals surface area contributed by atoms with Crippen molar-refractivity contribution in [1.82, 2.24) is 9.47 Å². The predicted molar refractivity (Wildman–Crippen MR) is 90.8 cm³/mol. The number of carbonyl (C=O) groups is 2. The lowest BCUT2D eigenvalue weighted by Crippen LogP contribution is -2.53. The average molecular weight is 382 g/mol. The third-order valence-corrected chi connectivity index (χ3v) is 6.28. The molecule has 1 aromatic heterocycles. The molecule has 1 amide bonds. The lowest BCUT2D eigenvalue weighted by atomic mass is 9.83. The molecule has 2 aliphatic heterocycles. The lowest BCUT2D eigenvalue weighted by Gasteiger charge is -2.42. The number of piperidine rings is 1. The lowest BCUT2D eigenvalue weighted by molar-refractivity contribution is -0.302. The number of amides is 1. The minimum absolute atomic E-state index is 0.00448. The van der Waals surface area contributed by atoms with Gasteiger partial charge in [-0.05, 0) is 30.9 Å². The largest absolute Gasteiger partial charge is 0.540 e. The first-order chi connectivity index (χ1) is 12.2.